The van der Waals surface area contributed by atoms with Crippen LogP contribution in [0.5, 0.6) is 0 Å². The molecule has 92 valence electrons. The Morgan fingerprint density at radius 1 is 1.29 bits per heavy atom. The number of hydrogen-bond donors (Lipinski definition) is 2. The molecule has 6 heteroatoms. The van der Waals surface area contributed by atoms with E-state index in [-0.39, 0.29) is 0 Å². The van der Waals surface area contributed by atoms with Gasteiger partial charge >= 0.3 is 7.12 Å². The van der Waals surface area contributed by atoms with Gasteiger partial charge in [0, 0.05) is 24.7 Å². The van der Waals surface area contributed by atoms with Crippen LogP contribution in [0, 0.1) is 0 Å². The number of hydrogen-bond acceptors (Lipinski definition) is 4. The second-order valence-corrected chi connectivity index (χ2v) is 4.52. The molecule has 0 aromatic heterocycles. The Labute approximate surface area is 106 Å². The first-order valence-electron chi connectivity index (χ1n) is 5.61. The molecule has 0 unspecified atom stereocenters. The zero-order valence-corrected chi connectivity index (χ0v) is 10.2. The maximum Gasteiger partial charge on any atom is 0.488 e. The van der Waals surface area contributed by atoms with Crippen LogP contribution in [-0.4, -0.2) is 48.4 Å². The first-order chi connectivity index (χ1) is 8.16. The normalized spacial score (nSPS) is 17.1. The van der Waals surface area contributed by atoms with Gasteiger partial charge in [-0.15, -0.1) is 0 Å². The highest BCUT2D eigenvalue weighted by molar-refractivity contribution is 6.58. The van der Waals surface area contributed by atoms with E-state index in [0.717, 1.165) is 31.9 Å². The molecule has 4 nitrogen and oxygen atoms in total. The van der Waals surface area contributed by atoms with Gasteiger partial charge in [0.05, 0.1) is 13.2 Å². The highest BCUT2D eigenvalue weighted by atomic mass is 35.5. The quantitative estimate of drug-likeness (QED) is 0.738. The summed E-state index contributed by atoms with van der Waals surface area (Å²) in [6.45, 7) is 3.94. The molecule has 0 aliphatic carbocycles. The van der Waals surface area contributed by atoms with E-state index < -0.39 is 7.12 Å². The van der Waals surface area contributed by atoms with Crippen molar-refractivity contribution in [3.63, 3.8) is 0 Å². The van der Waals surface area contributed by atoms with Crippen LogP contribution < -0.4 is 5.46 Å². The van der Waals surface area contributed by atoms with Gasteiger partial charge in [-0.3, -0.25) is 4.90 Å². The van der Waals surface area contributed by atoms with E-state index in [0.29, 0.717) is 17.0 Å². The third-order valence-corrected chi connectivity index (χ3v) is 3.23. The molecule has 0 atom stereocenters. The van der Waals surface area contributed by atoms with Gasteiger partial charge in [0.25, 0.3) is 0 Å². The maximum absolute atomic E-state index is 9.12. The van der Waals surface area contributed by atoms with E-state index in [1.165, 1.54) is 0 Å². The highest BCUT2D eigenvalue weighted by Gasteiger charge is 2.16. The summed E-state index contributed by atoms with van der Waals surface area (Å²) in [4.78, 5) is 2.23. The fourth-order valence-electron chi connectivity index (χ4n) is 1.88. The molecule has 1 saturated heterocycles. The Morgan fingerprint density at radius 2 is 2.00 bits per heavy atom. The van der Waals surface area contributed by atoms with Crippen molar-refractivity contribution in [2.45, 2.75) is 6.54 Å². The van der Waals surface area contributed by atoms with Gasteiger partial charge in [0.2, 0.25) is 0 Å². The molecule has 0 spiro atoms. The molecule has 1 aromatic rings. The van der Waals surface area contributed by atoms with Crippen LogP contribution in [-0.2, 0) is 11.3 Å². The van der Waals surface area contributed by atoms with Gasteiger partial charge in [-0.1, -0.05) is 23.7 Å². The van der Waals surface area contributed by atoms with E-state index in [1.807, 2.05) is 0 Å². The van der Waals surface area contributed by atoms with Crippen molar-refractivity contribution in [2.75, 3.05) is 26.3 Å². The molecule has 1 aliphatic heterocycles. The van der Waals surface area contributed by atoms with E-state index in [4.69, 9.17) is 26.4 Å². The average molecular weight is 256 g/mol. The Morgan fingerprint density at radius 3 is 2.65 bits per heavy atom. The SMILES string of the molecule is OB(O)c1ccc(Cl)c(CN2CCOCC2)c1. The van der Waals surface area contributed by atoms with Crippen LogP contribution in [0.2, 0.25) is 5.02 Å². The summed E-state index contributed by atoms with van der Waals surface area (Å²) in [5.41, 5.74) is 1.39. The van der Waals surface area contributed by atoms with Gasteiger partial charge in [0.1, 0.15) is 0 Å². The summed E-state index contributed by atoms with van der Waals surface area (Å²) in [6, 6.07) is 5.06. The number of rotatable bonds is 3. The molecule has 0 bridgehead atoms. The maximum atomic E-state index is 9.12. The van der Waals surface area contributed by atoms with Crippen molar-refractivity contribution in [1.82, 2.24) is 4.90 Å². The molecule has 2 rings (SSSR count). The summed E-state index contributed by atoms with van der Waals surface area (Å²) in [5.74, 6) is 0. The second-order valence-electron chi connectivity index (χ2n) is 4.11. The lowest BCUT2D eigenvalue weighted by Gasteiger charge is -2.27. The molecule has 1 heterocycles. The summed E-state index contributed by atoms with van der Waals surface area (Å²) < 4.78 is 5.27. The minimum absolute atomic E-state index is 0.470. The highest BCUT2D eigenvalue weighted by Crippen LogP contribution is 2.17. The van der Waals surface area contributed by atoms with Crippen LogP contribution in [0.1, 0.15) is 5.56 Å². The van der Waals surface area contributed by atoms with Crippen LogP contribution in [0.3, 0.4) is 0 Å². The third-order valence-electron chi connectivity index (χ3n) is 2.87. The van der Waals surface area contributed by atoms with Crippen molar-refractivity contribution >= 4 is 24.2 Å². The zero-order chi connectivity index (χ0) is 12.3. The summed E-state index contributed by atoms with van der Waals surface area (Å²) in [6.07, 6.45) is 0. The summed E-state index contributed by atoms with van der Waals surface area (Å²) >= 11 is 6.10. The van der Waals surface area contributed by atoms with Crippen LogP contribution >= 0.6 is 11.6 Å². The number of benzene rings is 1. The van der Waals surface area contributed by atoms with Crippen molar-refractivity contribution in [1.29, 1.82) is 0 Å². The smallest absolute Gasteiger partial charge is 0.423 e. The molecule has 2 N–H and O–H groups in total. The van der Waals surface area contributed by atoms with Crippen LogP contribution in [0.4, 0.5) is 0 Å². The largest absolute Gasteiger partial charge is 0.488 e. The second kappa shape index (κ2) is 5.84. The lowest BCUT2D eigenvalue weighted by molar-refractivity contribution is 0.0342. The lowest BCUT2D eigenvalue weighted by Crippen LogP contribution is -2.36. The summed E-state index contributed by atoms with van der Waals surface area (Å²) in [5, 5.41) is 18.9. The molecule has 0 saturated carbocycles. The van der Waals surface area contributed by atoms with Crippen molar-refractivity contribution < 1.29 is 14.8 Å². The number of nitrogens with zero attached hydrogens (tertiary/aromatic N) is 1. The standard InChI is InChI=1S/C11H15BClNO3/c13-11-2-1-10(12(15)16)7-9(11)8-14-3-5-17-6-4-14/h1-2,7,15-16H,3-6,8H2. The van der Waals surface area contributed by atoms with E-state index in [2.05, 4.69) is 4.90 Å². The van der Waals surface area contributed by atoms with Crippen LogP contribution in [0.25, 0.3) is 0 Å². The Balaban J connectivity index is 2.10. The minimum atomic E-state index is -1.45. The molecular weight excluding hydrogens is 240 g/mol. The molecule has 1 fully saturated rings. The molecule has 1 aliphatic rings. The fraction of sp³-hybridized carbons (Fsp3) is 0.455. The lowest BCUT2D eigenvalue weighted by atomic mass is 9.79. The zero-order valence-electron chi connectivity index (χ0n) is 9.47. The molecule has 1 aromatic carbocycles. The van der Waals surface area contributed by atoms with Gasteiger partial charge in [-0.2, -0.15) is 0 Å². The van der Waals surface area contributed by atoms with E-state index in [9.17, 15) is 0 Å². The first kappa shape index (κ1) is 12.9. The number of morpholine rings is 1. The first-order valence-corrected chi connectivity index (χ1v) is 5.99. The van der Waals surface area contributed by atoms with Crippen molar-refractivity contribution in [3.8, 4) is 0 Å². The predicted molar refractivity (Wildman–Crippen MR) is 67.4 cm³/mol. The molecule has 0 amide bonds. The van der Waals surface area contributed by atoms with E-state index >= 15 is 0 Å². The molecular formula is C11H15BClNO3. The molecule has 0 radical (unpaired) electrons. The van der Waals surface area contributed by atoms with Crippen molar-refractivity contribution in [3.05, 3.63) is 28.8 Å². The monoisotopic (exact) mass is 255 g/mol. The third kappa shape index (κ3) is 3.44. The topological polar surface area (TPSA) is 52.9 Å². The van der Waals surface area contributed by atoms with Gasteiger partial charge in [-0.25, -0.2) is 0 Å². The summed E-state index contributed by atoms with van der Waals surface area (Å²) in [7, 11) is -1.45. The van der Waals surface area contributed by atoms with Gasteiger partial charge in [0.15, 0.2) is 0 Å². The Kier molecular flexibility index (Phi) is 4.42. The Bertz CT molecular complexity index is 383. The van der Waals surface area contributed by atoms with Gasteiger partial charge in [-0.05, 0) is 17.1 Å². The molecule has 17 heavy (non-hydrogen) atoms. The van der Waals surface area contributed by atoms with Crippen molar-refractivity contribution in [2.24, 2.45) is 0 Å². The minimum Gasteiger partial charge on any atom is -0.423 e. The Hall–Kier alpha value is -0.585. The predicted octanol–water partition coefficient (Wildman–Crippen LogP) is -0.148. The number of ether oxygens (including phenoxy) is 1. The average Bonchev–Trinajstić information content (AvgIpc) is 2.33. The number of halogens is 1. The van der Waals surface area contributed by atoms with E-state index in [1.54, 1.807) is 18.2 Å². The van der Waals surface area contributed by atoms with Crippen LogP contribution in [0.15, 0.2) is 18.2 Å². The van der Waals surface area contributed by atoms with Gasteiger partial charge < -0.3 is 14.8 Å². The fourth-order valence-corrected chi connectivity index (χ4v) is 2.05.